The van der Waals surface area contributed by atoms with Crippen molar-refractivity contribution >= 4 is 23.2 Å². The Kier molecular flexibility index (Phi) is 4.60. The zero-order valence-electron chi connectivity index (χ0n) is 14.4. The average Bonchev–Trinajstić information content (AvgIpc) is 3.14. The van der Waals surface area contributed by atoms with Crippen molar-refractivity contribution in [3.63, 3.8) is 0 Å². The van der Waals surface area contributed by atoms with Gasteiger partial charge in [-0.3, -0.25) is 4.79 Å². The quantitative estimate of drug-likeness (QED) is 0.743. The summed E-state index contributed by atoms with van der Waals surface area (Å²) in [5, 5.41) is 7.44. The fourth-order valence-electron chi connectivity index (χ4n) is 2.72. The largest absolute Gasteiger partial charge is 0.493 e. The third kappa shape index (κ3) is 3.41. The third-order valence-electron chi connectivity index (χ3n) is 4.02. The van der Waals surface area contributed by atoms with Gasteiger partial charge in [0, 0.05) is 12.1 Å². The Balaban J connectivity index is 1.63. The third-order valence-corrected chi connectivity index (χ3v) is 4.33. The molecule has 1 N–H and O–H groups in total. The number of para-hydroxylation sites is 1. The monoisotopic (exact) mass is 385 g/mol. The predicted molar refractivity (Wildman–Crippen MR) is 101 cm³/mol. The normalized spacial score (nSPS) is 12.5. The molecule has 2 heterocycles. The first-order valence-electron chi connectivity index (χ1n) is 8.25. The molecule has 4 rings (SSSR count). The van der Waals surface area contributed by atoms with Crippen LogP contribution in [0.15, 0.2) is 48.7 Å². The summed E-state index contributed by atoms with van der Waals surface area (Å²) in [5.41, 5.74) is 1.36. The minimum atomic E-state index is -0.444. The summed E-state index contributed by atoms with van der Waals surface area (Å²) < 4.78 is 17.9. The van der Waals surface area contributed by atoms with Gasteiger partial charge in [0.25, 0.3) is 5.91 Å². The molecule has 0 saturated heterocycles. The molecule has 1 amide bonds. The molecule has 0 radical (unpaired) electrons. The number of benzene rings is 2. The molecule has 2 aromatic carbocycles. The maximum Gasteiger partial charge on any atom is 0.280 e. The maximum absolute atomic E-state index is 12.8. The Bertz CT molecular complexity index is 988. The van der Waals surface area contributed by atoms with Gasteiger partial charge >= 0.3 is 0 Å². The van der Waals surface area contributed by atoms with E-state index in [4.69, 9.17) is 25.8 Å². The van der Waals surface area contributed by atoms with Crippen LogP contribution in [0.4, 0.5) is 5.69 Å². The van der Waals surface area contributed by atoms with Gasteiger partial charge in [-0.1, -0.05) is 29.8 Å². The molecule has 138 valence electrons. The lowest BCUT2D eigenvalue weighted by Crippen LogP contribution is -2.17. The number of halogens is 1. The van der Waals surface area contributed by atoms with Crippen LogP contribution in [-0.4, -0.2) is 36.0 Å². The lowest BCUT2D eigenvalue weighted by Gasteiger charge is -2.19. The molecule has 0 spiro atoms. The lowest BCUT2D eigenvalue weighted by atomic mass is 10.2. The average molecular weight is 386 g/mol. The van der Waals surface area contributed by atoms with Gasteiger partial charge in [0.1, 0.15) is 13.2 Å². The van der Waals surface area contributed by atoms with Crippen LogP contribution in [0.5, 0.6) is 17.2 Å². The smallest absolute Gasteiger partial charge is 0.280 e. The van der Waals surface area contributed by atoms with Crippen LogP contribution in [0.3, 0.4) is 0 Å². The number of carbonyl (C=O) groups excluding carboxylic acids is 1. The fourth-order valence-corrected chi connectivity index (χ4v) is 2.92. The zero-order valence-corrected chi connectivity index (χ0v) is 15.2. The van der Waals surface area contributed by atoms with E-state index in [1.165, 1.54) is 7.11 Å². The number of hydrogen-bond donors (Lipinski definition) is 1. The fraction of sp³-hybridized carbons (Fsp3) is 0.158. The number of anilines is 1. The molecule has 8 heteroatoms. The summed E-state index contributed by atoms with van der Waals surface area (Å²) >= 11 is 6.26. The van der Waals surface area contributed by atoms with Crippen LogP contribution in [0.2, 0.25) is 5.02 Å². The van der Waals surface area contributed by atoms with Gasteiger partial charge in [0.2, 0.25) is 0 Å². The summed E-state index contributed by atoms with van der Waals surface area (Å²) in [6.07, 6.45) is 1.65. The minimum Gasteiger partial charge on any atom is -0.493 e. The van der Waals surface area contributed by atoms with E-state index in [-0.39, 0.29) is 5.69 Å². The zero-order chi connectivity index (χ0) is 18.8. The first kappa shape index (κ1) is 17.2. The van der Waals surface area contributed by atoms with Crippen molar-refractivity contribution < 1.29 is 19.0 Å². The number of nitrogens with zero attached hydrogens (tertiary/aromatic N) is 2. The summed E-state index contributed by atoms with van der Waals surface area (Å²) in [6.45, 7) is 0.903. The van der Waals surface area contributed by atoms with Crippen LogP contribution in [0.25, 0.3) is 5.69 Å². The second kappa shape index (κ2) is 7.20. The van der Waals surface area contributed by atoms with Crippen LogP contribution in [0, 0.1) is 0 Å². The molecule has 3 aromatic rings. The molecule has 1 aliphatic rings. The SMILES string of the molecule is COc1cn(-c2ccccc2)nc1C(=O)Nc1cc2c(cc1Cl)OCCO2. The van der Waals surface area contributed by atoms with Crippen molar-refractivity contribution in [3.8, 4) is 22.9 Å². The van der Waals surface area contributed by atoms with E-state index in [9.17, 15) is 4.79 Å². The summed E-state index contributed by atoms with van der Waals surface area (Å²) in [7, 11) is 1.49. The van der Waals surface area contributed by atoms with E-state index in [2.05, 4.69) is 10.4 Å². The number of rotatable bonds is 4. The van der Waals surface area contributed by atoms with E-state index >= 15 is 0 Å². The van der Waals surface area contributed by atoms with E-state index in [0.29, 0.717) is 41.2 Å². The van der Waals surface area contributed by atoms with Gasteiger partial charge in [-0.25, -0.2) is 4.68 Å². The Hall–Kier alpha value is -3.19. The molecule has 0 fully saturated rings. The Morgan fingerprint density at radius 3 is 2.59 bits per heavy atom. The van der Waals surface area contributed by atoms with E-state index in [1.54, 1.807) is 23.0 Å². The molecule has 1 aliphatic heterocycles. The standard InChI is InChI=1S/C19H16ClN3O4/c1-25-17-11-23(12-5-3-2-4-6-12)22-18(17)19(24)21-14-10-16-15(9-13(14)20)26-7-8-27-16/h2-6,9-11H,7-8H2,1H3,(H,21,24). The predicted octanol–water partition coefficient (Wildman–Crippen LogP) is 3.56. The van der Waals surface area contributed by atoms with Crippen LogP contribution >= 0.6 is 11.6 Å². The Morgan fingerprint density at radius 1 is 1.19 bits per heavy atom. The molecular weight excluding hydrogens is 370 g/mol. The molecule has 0 unspecified atom stereocenters. The van der Waals surface area contributed by atoms with Crippen molar-refractivity contribution in [2.75, 3.05) is 25.6 Å². The number of carbonyl (C=O) groups is 1. The van der Waals surface area contributed by atoms with Crippen LogP contribution < -0.4 is 19.5 Å². The maximum atomic E-state index is 12.8. The first-order valence-corrected chi connectivity index (χ1v) is 8.63. The first-order chi connectivity index (χ1) is 13.2. The number of nitrogens with one attached hydrogen (secondary N) is 1. The number of ether oxygens (including phenoxy) is 3. The molecular formula is C19H16ClN3O4. The van der Waals surface area contributed by atoms with E-state index in [1.807, 2.05) is 30.3 Å². The van der Waals surface area contributed by atoms with Crippen molar-refractivity contribution in [2.24, 2.45) is 0 Å². The van der Waals surface area contributed by atoms with Crippen molar-refractivity contribution in [2.45, 2.75) is 0 Å². The molecule has 27 heavy (non-hydrogen) atoms. The molecule has 0 atom stereocenters. The van der Waals surface area contributed by atoms with E-state index < -0.39 is 5.91 Å². The number of hydrogen-bond acceptors (Lipinski definition) is 5. The lowest BCUT2D eigenvalue weighted by molar-refractivity contribution is 0.101. The molecule has 0 aliphatic carbocycles. The summed E-state index contributed by atoms with van der Waals surface area (Å²) in [6, 6.07) is 12.7. The van der Waals surface area contributed by atoms with Crippen molar-refractivity contribution in [1.82, 2.24) is 9.78 Å². The minimum absolute atomic E-state index is 0.146. The molecule has 1 aromatic heterocycles. The number of methoxy groups -OCH3 is 1. The Labute approximate surface area is 160 Å². The molecule has 0 saturated carbocycles. The second-order valence-electron chi connectivity index (χ2n) is 5.76. The number of amides is 1. The highest BCUT2D eigenvalue weighted by Crippen LogP contribution is 2.38. The number of fused-ring (bicyclic) bond motifs is 1. The van der Waals surface area contributed by atoms with E-state index in [0.717, 1.165) is 5.69 Å². The highest BCUT2D eigenvalue weighted by atomic mass is 35.5. The van der Waals surface area contributed by atoms with Gasteiger partial charge in [-0.15, -0.1) is 0 Å². The highest BCUT2D eigenvalue weighted by Gasteiger charge is 2.21. The van der Waals surface area contributed by atoms with Gasteiger partial charge in [-0.05, 0) is 12.1 Å². The molecule has 0 bridgehead atoms. The Morgan fingerprint density at radius 2 is 1.89 bits per heavy atom. The van der Waals surface area contributed by atoms with Crippen LogP contribution in [0.1, 0.15) is 10.5 Å². The van der Waals surface area contributed by atoms with Gasteiger partial charge in [0.05, 0.1) is 29.7 Å². The number of aromatic nitrogens is 2. The highest BCUT2D eigenvalue weighted by molar-refractivity contribution is 6.34. The van der Waals surface area contributed by atoms with Crippen LogP contribution in [-0.2, 0) is 0 Å². The van der Waals surface area contributed by atoms with Crippen molar-refractivity contribution in [3.05, 3.63) is 59.4 Å². The van der Waals surface area contributed by atoms with Crippen molar-refractivity contribution in [1.29, 1.82) is 0 Å². The van der Waals surface area contributed by atoms with Gasteiger partial charge in [0.15, 0.2) is 22.9 Å². The topological polar surface area (TPSA) is 74.6 Å². The summed E-state index contributed by atoms with van der Waals surface area (Å²) in [5.74, 6) is 0.989. The molecule has 7 nitrogen and oxygen atoms in total. The summed E-state index contributed by atoms with van der Waals surface area (Å²) in [4.78, 5) is 12.8. The second-order valence-corrected chi connectivity index (χ2v) is 6.16. The van der Waals surface area contributed by atoms with Gasteiger partial charge in [-0.2, -0.15) is 5.10 Å². The van der Waals surface area contributed by atoms with Gasteiger partial charge < -0.3 is 19.5 Å².